The van der Waals surface area contributed by atoms with Gasteiger partial charge in [0.2, 0.25) is 0 Å². The van der Waals surface area contributed by atoms with E-state index >= 15 is 0 Å². The Morgan fingerprint density at radius 3 is 2.14 bits per heavy atom. The van der Waals surface area contributed by atoms with Crippen molar-refractivity contribution in [2.75, 3.05) is 16.4 Å². The van der Waals surface area contributed by atoms with E-state index in [1.54, 1.807) is 18.2 Å². The molecule has 1 atom stereocenters. The minimum atomic E-state index is -0.523. The molecule has 4 N–H and O–H groups in total. The number of hydrogen-bond donors (Lipinski definition) is 3. The fourth-order valence-electron chi connectivity index (χ4n) is 3.94. The fourth-order valence-corrected chi connectivity index (χ4v) is 4.34. The first-order valence-electron chi connectivity index (χ1n) is 10.9. The van der Waals surface area contributed by atoms with Gasteiger partial charge in [-0.3, -0.25) is 0 Å². The zero-order valence-electron chi connectivity index (χ0n) is 19.5. The minimum absolute atomic E-state index is 0.377. The molecule has 0 aliphatic rings. The van der Waals surface area contributed by atoms with Gasteiger partial charge in [-0.1, -0.05) is 47.5 Å². The number of aromatic nitrogens is 2. The van der Waals surface area contributed by atoms with E-state index in [4.69, 9.17) is 28.9 Å². The fraction of sp³-hybridized carbons (Fsp3) is 0.148. The van der Waals surface area contributed by atoms with E-state index in [0.717, 1.165) is 33.6 Å². The number of nitrogens with zero attached hydrogens (tertiary/aromatic N) is 3. The Kier molecular flexibility index (Phi) is 7.11. The van der Waals surface area contributed by atoms with E-state index < -0.39 is 5.92 Å². The number of rotatable bonds is 6. The lowest BCUT2D eigenvalue weighted by atomic mass is 9.91. The van der Waals surface area contributed by atoms with Gasteiger partial charge in [-0.25, -0.2) is 9.97 Å². The average Bonchev–Trinajstić information content (AvgIpc) is 2.80. The molecule has 0 amide bonds. The molecule has 0 saturated carbocycles. The smallest absolute Gasteiger partial charge is 0.159 e. The molecule has 1 unspecified atom stereocenters. The third-order valence-electron chi connectivity index (χ3n) is 5.61. The van der Waals surface area contributed by atoms with Gasteiger partial charge < -0.3 is 16.4 Å². The van der Waals surface area contributed by atoms with Gasteiger partial charge in [-0.15, -0.1) is 0 Å². The van der Waals surface area contributed by atoms with Crippen molar-refractivity contribution in [2.45, 2.75) is 26.7 Å². The summed E-state index contributed by atoms with van der Waals surface area (Å²) in [6.45, 7) is 6.01. The lowest BCUT2D eigenvalue weighted by Crippen LogP contribution is -2.07. The standard InChI is InChI=1S/C27H24Cl2N6/c1-15-8-16(2)10-20(9-15)34-26-25(31)27(33-14-32-26)35-24-12-23(29)21(11-17(24)3)22(13-30)18-4-6-19(28)7-5-18/h4-12,14,22H,31H2,1-3H3,(H2,32,33,34,35). The van der Waals surface area contributed by atoms with Gasteiger partial charge in [-0.05, 0) is 78.9 Å². The van der Waals surface area contributed by atoms with E-state index in [9.17, 15) is 5.26 Å². The van der Waals surface area contributed by atoms with Crippen LogP contribution >= 0.6 is 23.2 Å². The molecule has 0 spiro atoms. The summed E-state index contributed by atoms with van der Waals surface area (Å²) < 4.78 is 0. The predicted molar refractivity (Wildman–Crippen MR) is 144 cm³/mol. The van der Waals surface area contributed by atoms with Crippen molar-refractivity contribution in [1.82, 2.24) is 9.97 Å². The van der Waals surface area contributed by atoms with Gasteiger partial charge in [0.1, 0.15) is 12.0 Å². The van der Waals surface area contributed by atoms with Crippen molar-refractivity contribution in [3.05, 3.63) is 98.8 Å². The first-order chi connectivity index (χ1) is 16.7. The predicted octanol–water partition coefficient (Wildman–Crippen LogP) is 7.43. The van der Waals surface area contributed by atoms with Crippen LogP contribution < -0.4 is 16.4 Å². The largest absolute Gasteiger partial charge is 0.393 e. The first-order valence-corrected chi connectivity index (χ1v) is 11.7. The number of nitrogens with one attached hydrogen (secondary N) is 2. The highest BCUT2D eigenvalue weighted by Gasteiger charge is 2.19. The van der Waals surface area contributed by atoms with Gasteiger partial charge in [0.15, 0.2) is 11.6 Å². The van der Waals surface area contributed by atoms with Crippen LogP contribution in [0.5, 0.6) is 0 Å². The van der Waals surface area contributed by atoms with Crippen LogP contribution in [0.4, 0.5) is 28.7 Å². The van der Waals surface area contributed by atoms with Crippen LogP contribution in [-0.2, 0) is 0 Å². The van der Waals surface area contributed by atoms with Gasteiger partial charge in [-0.2, -0.15) is 5.26 Å². The molecule has 0 radical (unpaired) electrons. The molecular weight excluding hydrogens is 479 g/mol. The Morgan fingerprint density at radius 2 is 1.51 bits per heavy atom. The van der Waals surface area contributed by atoms with Crippen molar-refractivity contribution in [1.29, 1.82) is 5.26 Å². The summed E-state index contributed by atoms with van der Waals surface area (Å²) in [7, 11) is 0. The highest BCUT2D eigenvalue weighted by atomic mass is 35.5. The summed E-state index contributed by atoms with van der Waals surface area (Å²) in [6, 6.07) is 19.4. The molecule has 0 saturated heterocycles. The molecule has 0 bridgehead atoms. The number of hydrogen-bond acceptors (Lipinski definition) is 6. The molecule has 8 heteroatoms. The number of benzene rings is 3. The highest BCUT2D eigenvalue weighted by molar-refractivity contribution is 6.32. The molecule has 1 aromatic heterocycles. The van der Waals surface area contributed by atoms with Crippen LogP contribution in [0.15, 0.2) is 60.9 Å². The average molecular weight is 503 g/mol. The maximum Gasteiger partial charge on any atom is 0.159 e. The van der Waals surface area contributed by atoms with E-state index in [0.29, 0.717) is 32.9 Å². The monoisotopic (exact) mass is 502 g/mol. The second-order valence-electron chi connectivity index (χ2n) is 8.41. The number of nitrogens with two attached hydrogens (primary N) is 1. The van der Waals surface area contributed by atoms with Crippen LogP contribution in [0.2, 0.25) is 10.0 Å². The molecule has 0 aliphatic carbocycles. The number of halogens is 2. The highest BCUT2D eigenvalue weighted by Crippen LogP contribution is 2.36. The van der Waals surface area contributed by atoms with E-state index in [-0.39, 0.29) is 0 Å². The maximum atomic E-state index is 9.85. The summed E-state index contributed by atoms with van der Waals surface area (Å²) in [4.78, 5) is 8.62. The minimum Gasteiger partial charge on any atom is -0.393 e. The Hall–Kier alpha value is -3.79. The second kappa shape index (κ2) is 10.2. The summed E-state index contributed by atoms with van der Waals surface area (Å²) in [6.07, 6.45) is 1.45. The molecule has 4 rings (SSSR count). The van der Waals surface area contributed by atoms with Gasteiger partial charge in [0.05, 0.1) is 12.0 Å². The molecule has 4 aromatic rings. The van der Waals surface area contributed by atoms with Crippen molar-refractivity contribution in [3.63, 3.8) is 0 Å². The lowest BCUT2D eigenvalue weighted by Gasteiger charge is -2.18. The Labute approximate surface area is 214 Å². The Balaban J connectivity index is 1.62. The number of nitrogen functional groups attached to an aromatic ring is 1. The second-order valence-corrected chi connectivity index (χ2v) is 9.26. The van der Waals surface area contributed by atoms with Gasteiger partial charge in [0.25, 0.3) is 0 Å². The summed E-state index contributed by atoms with van der Waals surface area (Å²) in [5, 5.41) is 17.5. The van der Waals surface area contributed by atoms with E-state index in [1.165, 1.54) is 6.33 Å². The lowest BCUT2D eigenvalue weighted by molar-refractivity contribution is 1.03. The summed E-state index contributed by atoms with van der Waals surface area (Å²) in [5.74, 6) is 0.429. The molecule has 3 aromatic carbocycles. The van der Waals surface area contributed by atoms with Crippen LogP contribution in [0, 0.1) is 32.1 Å². The molecule has 6 nitrogen and oxygen atoms in total. The van der Waals surface area contributed by atoms with E-state index in [2.05, 4.69) is 32.7 Å². The molecule has 0 fully saturated rings. The Morgan fingerprint density at radius 1 is 0.886 bits per heavy atom. The van der Waals surface area contributed by atoms with Crippen molar-refractivity contribution >= 4 is 51.9 Å². The number of anilines is 5. The molecule has 176 valence electrons. The van der Waals surface area contributed by atoms with Crippen LogP contribution in [0.1, 0.15) is 33.7 Å². The zero-order chi connectivity index (χ0) is 25.1. The van der Waals surface area contributed by atoms with Crippen LogP contribution in [0.3, 0.4) is 0 Å². The van der Waals surface area contributed by atoms with E-state index in [1.807, 2.05) is 51.1 Å². The van der Waals surface area contributed by atoms with Gasteiger partial charge >= 0.3 is 0 Å². The molecule has 1 heterocycles. The normalized spacial score (nSPS) is 11.5. The maximum absolute atomic E-state index is 9.85. The quantitative estimate of drug-likeness (QED) is 0.253. The SMILES string of the molecule is Cc1cc(C)cc(Nc2ncnc(Nc3cc(Cl)c(C(C#N)c4ccc(Cl)cc4)cc3C)c2N)c1. The van der Waals surface area contributed by atoms with Crippen LogP contribution in [-0.4, -0.2) is 9.97 Å². The third kappa shape index (κ3) is 5.48. The molecule has 35 heavy (non-hydrogen) atoms. The van der Waals surface area contributed by atoms with Crippen molar-refractivity contribution in [2.24, 2.45) is 0 Å². The number of nitriles is 1. The third-order valence-corrected chi connectivity index (χ3v) is 6.19. The summed E-state index contributed by atoms with van der Waals surface area (Å²) >= 11 is 12.6. The van der Waals surface area contributed by atoms with Gasteiger partial charge in [0, 0.05) is 21.4 Å². The molecular formula is C27H24Cl2N6. The Bertz CT molecular complexity index is 1410. The first kappa shape index (κ1) is 24.3. The van der Waals surface area contributed by atoms with Crippen molar-refractivity contribution < 1.29 is 0 Å². The topological polar surface area (TPSA) is 99.6 Å². The molecule has 0 aliphatic heterocycles. The van der Waals surface area contributed by atoms with Crippen LogP contribution in [0.25, 0.3) is 0 Å². The number of aryl methyl sites for hydroxylation is 3. The van der Waals surface area contributed by atoms with Crippen molar-refractivity contribution in [3.8, 4) is 6.07 Å². The zero-order valence-corrected chi connectivity index (χ0v) is 21.0. The summed E-state index contributed by atoms with van der Waals surface area (Å²) in [5.41, 5.74) is 13.1.